The Morgan fingerprint density at radius 2 is 2.09 bits per heavy atom. The van der Waals surface area contributed by atoms with Crippen LogP contribution in [0.25, 0.3) is 0 Å². The van der Waals surface area contributed by atoms with Crippen molar-refractivity contribution in [2.45, 2.75) is 18.2 Å². The van der Waals surface area contributed by atoms with Gasteiger partial charge in [-0.1, -0.05) is 52.7 Å². The van der Waals surface area contributed by atoms with Crippen LogP contribution >= 0.6 is 27.5 Å². The van der Waals surface area contributed by atoms with Gasteiger partial charge in [0.05, 0.1) is 0 Å². The number of benzene rings is 1. The van der Waals surface area contributed by atoms with E-state index in [1.807, 2.05) is 24.3 Å². The van der Waals surface area contributed by atoms with Crippen LogP contribution in [0.1, 0.15) is 23.7 Å². The van der Waals surface area contributed by atoms with Crippen molar-refractivity contribution < 1.29 is 0 Å². The molecule has 0 nitrogen and oxygen atoms in total. The van der Waals surface area contributed by atoms with Crippen LogP contribution in [-0.4, -0.2) is 0 Å². The molecule has 0 fully saturated rings. The number of halogens is 2. The average Bonchev–Trinajstić information content (AvgIpc) is 2.04. The first-order valence-corrected chi connectivity index (χ1v) is 4.93. The Morgan fingerprint density at radius 1 is 1.45 bits per heavy atom. The summed E-state index contributed by atoms with van der Waals surface area (Å²) < 4.78 is 0. The maximum atomic E-state index is 5.97. The van der Waals surface area contributed by atoms with Crippen molar-refractivity contribution in [3.8, 4) is 0 Å². The molecule has 0 aromatic heterocycles. The third-order valence-corrected chi connectivity index (χ3v) is 3.09. The van der Waals surface area contributed by atoms with Gasteiger partial charge < -0.3 is 0 Å². The molecule has 0 amide bonds. The maximum absolute atomic E-state index is 5.97. The lowest BCUT2D eigenvalue weighted by Crippen LogP contribution is -1.87. The van der Waals surface area contributed by atoms with E-state index < -0.39 is 0 Å². The standard InChI is InChI=1S/C9H10BrCl/c1-2-8(10)7-5-3-4-6-9(7)11/h3-6,8H,2H2,1H3/t8-/m0/s1. The van der Waals surface area contributed by atoms with Gasteiger partial charge in [0.25, 0.3) is 0 Å². The predicted molar refractivity (Wildman–Crippen MR) is 53.4 cm³/mol. The Labute approximate surface area is 80.7 Å². The normalized spacial score (nSPS) is 13.0. The summed E-state index contributed by atoms with van der Waals surface area (Å²) >= 11 is 9.52. The van der Waals surface area contributed by atoms with Gasteiger partial charge in [-0.05, 0) is 18.1 Å². The smallest absolute Gasteiger partial charge is 0.0449 e. The van der Waals surface area contributed by atoms with Gasteiger partial charge in [-0.25, -0.2) is 0 Å². The second-order valence-corrected chi connectivity index (χ2v) is 3.91. The third kappa shape index (κ3) is 2.21. The second-order valence-electron chi connectivity index (χ2n) is 2.40. The van der Waals surface area contributed by atoms with Gasteiger partial charge in [-0.3, -0.25) is 0 Å². The molecule has 0 bridgehead atoms. The molecule has 0 aliphatic heterocycles. The SMILES string of the molecule is CC[C@H](Br)c1ccccc1Cl. The Balaban J connectivity index is 2.93. The Bertz CT molecular complexity index is 235. The molecule has 0 unspecified atom stereocenters. The summed E-state index contributed by atoms with van der Waals surface area (Å²) in [5.41, 5.74) is 1.18. The first kappa shape index (κ1) is 9.08. The highest BCUT2D eigenvalue weighted by atomic mass is 79.9. The minimum atomic E-state index is 0.385. The molecule has 1 rings (SSSR count). The van der Waals surface area contributed by atoms with Crippen molar-refractivity contribution in [1.29, 1.82) is 0 Å². The fraction of sp³-hybridized carbons (Fsp3) is 0.333. The van der Waals surface area contributed by atoms with E-state index in [9.17, 15) is 0 Å². The van der Waals surface area contributed by atoms with E-state index >= 15 is 0 Å². The van der Waals surface area contributed by atoms with Crippen molar-refractivity contribution in [3.05, 3.63) is 34.9 Å². The van der Waals surface area contributed by atoms with Crippen LogP contribution in [0.2, 0.25) is 5.02 Å². The molecule has 1 aromatic carbocycles. The topological polar surface area (TPSA) is 0 Å². The number of hydrogen-bond donors (Lipinski definition) is 0. The summed E-state index contributed by atoms with van der Waals surface area (Å²) in [6.07, 6.45) is 1.06. The fourth-order valence-electron chi connectivity index (χ4n) is 0.949. The molecule has 0 saturated carbocycles. The third-order valence-electron chi connectivity index (χ3n) is 1.60. The monoisotopic (exact) mass is 232 g/mol. The van der Waals surface area contributed by atoms with Gasteiger partial charge in [-0.15, -0.1) is 0 Å². The zero-order valence-electron chi connectivity index (χ0n) is 6.35. The van der Waals surface area contributed by atoms with E-state index in [4.69, 9.17) is 11.6 Å². The molecule has 1 atom stereocenters. The van der Waals surface area contributed by atoms with Crippen LogP contribution in [0.15, 0.2) is 24.3 Å². The van der Waals surface area contributed by atoms with Crippen molar-refractivity contribution >= 4 is 27.5 Å². The zero-order chi connectivity index (χ0) is 8.27. The predicted octanol–water partition coefficient (Wildman–Crippen LogP) is 4.19. The van der Waals surface area contributed by atoms with Gasteiger partial charge in [0.15, 0.2) is 0 Å². The second kappa shape index (κ2) is 4.13. The van der Waals surface area contributed by atoms with Gasteiger partial charge in [0.2, 0.25) is 0 Å². The minimum absolute atomic E-state index is 0.385. The lowest BCUT2D eigenvalue weighted by Gasteiger charge is -2.07. The summed E-state index contributed by atoms with van der Waals surface area (Å²) in [7, 11) is 0. The largest absolute Gasteiger partial charge is 0.0840 e. The van der Waals surface area contributed by atoms with Gasteiger partial charge in [0, 0.05) is 9.85 Å². The lowest BCUT2D eigenvalue weighted by molar-refractivity contribution is 0.911. The first-order chi connectivity index (χ1) is 5.25. The molecule has 0 aliphatic rings. The Hall–Kier alpha value is -0.0100. The summed E-state index contributed by atoms with van der Waals surface area (Å²) in [6, 6.07) is 7.92. The quantitative estimate of drug-likeness (QED) is 0.672. The molecule has 0 radical (unpaired) electrons. The lowest BCUT2D eigenvalue weighted by atomic mass is 10.1. The van der Waals surface area contributed by atoms with Gasteiger partial charge in [0.1, 0.15) is 0 Å². The summed E-state index contributed by atoms with van der Waals surface area (Å²) in [4.78, 5) is 0.385. The van der Waals surface area contributed by atoms with Crippen LogP contribution in [0, 0.1) is 0 Å². The summed E-state index contributed by atoms with van der Waals surface area (Å²) in [5, 5.41) is 0.844. The highest BCUT2D eigenvalue weighted by Crippen LogP contribution is 2.31. The molecule has 11 heavy (non-hydrogen) atoms. The highest BCUT2D eigenvalue weighted by Gasteiger charge is 2.06. The van der Waals surface area contributed by atoms with Crippen LogP contribution in [-0.2, 0) is 0 Å². The Kier molecular flexibility index (Phi) is 3.41. The van der Waals surface area contributed by atoms with Crippen molar-refractivity contribution in [1.82, 2.24) is 0 Å². The van der Waals surface area contributed by atoms with E-state index in [2.05, 4.69) is 22.9 Å². The van der Waals surface area contributed by atoms with Crippen LogP contribution in [0.5, 0.6) is 0 Å². The molecular weight excluding hydrogens is 223 g/mol. The molecule has 2 heteroatoms. The highest BCUT2D eigenvalue weighted by molar-refractivity contribution is 9.09. The maximum Gasteiger partial charge on any atom is 0.0449 e. The van der Waals surface area contributed by atoms with Crippen LogP contribution < -0.4 is 0 Å². The van der Waals surface area contributed by atoms with Crippen LogP contribution in [0.4, 0.5) is 0 Å². The summed E-state index contributed by atoms with van der Waals surface area (Å²) in [5.74, 6) is 0. The van der Waals surface area contributed by atoms with Crippen molar-refractivity contribution in [2.24, 2.45) is 0 Å². The average molecular weight is 234 g/mol. The minimum Gasteiger partial charge on any atom is -0.0840 e. The first-order valence-electron chi connectivity index (χ1n) is 3.64. The van der Waals surface area contributed by atoms with Crippen LogP contribution in [0.3, 0.4) is 0 Å². The zero-order valence-corrected chi connectivity index (χ0v) is 8.69. The molecule has 0 N–H and O–H groups in total. The molecule has 0 spiro atoms. The summed E-state index contributed by atoms with van der Waals surface area (Å²) in [6.45, 7) is 2.13. The van der Waals surface area contributed by atoms with E-state index in [0.717, 1.165) is 11.4 Å². The van der Waals surface area contributed by atoms with Crippen molar-refractivity contribution in [3.63, 3.8) is 0 Å². The van der Waals surface area contributed by atoms with Crippen molar-refractivity contribution in [2.75, 3.05) is 0 Å². The molecule has 0 saturated heterocycles. The molecule has 0 aliphatic carbocycles. The molecule has 0 heterocycles. The number of alkyl halides is 1. The fourth-order valence-corrected chi connectivity index (χ4v) is 1.75. The van der Waals surface area contributed by atoms with Gasteiger partial charge >= 0.3 is 0 Å². The Morgan fingerprint density at radius 3 is 2.64 bits per heavy atom. The van der Waals surface area contributed by atoms with E-state index in [-0.39, 0.29) is 0 Å². The van der Waals surface area contributed by atoms with Gasteiger partial charge in [-0.2, -0.15) is 0 Å². The number of hydrogen-bond acceptors (Lipinski definition) is 0. The molecular formula is C9H10BrCl. The number of rotatable bonds is 2. The van der Waals surface area contributed by atoms with E-state index in [1.165, 1.54) is 5.56 Å². The molecule has 60 valence electrons. The van der Waals surface area contributed by atoms with E-state index in [0.29, 0.717) is 4.83 Å². The van der Waals surface area contributed by atoms with E-state index in [1.54, 1.807) is 0 Å². The molecule has 1 aromatic rings.